The second kappa shape index (κ2) is 3.62. The Kier molecular flexibility index (Phi) is 2.37. The molecule has 1 aromatic heterocycles. The molecule has 0 saturated heterocycles. The zero-order valence-corrected chi connectivity index (χ0v) is 10.2. The molecule has 1 saturated carbocycles. The third kappa shape index (κ3) is 1.45. The number of benzene rings is 1. The first-order chi connectivity index (χ1) is 8.50. The van der Waals surface area contributed by atoms with E-state index < -0.39 is 11.3 Å². The van der Waals surface area contributed by atoms with Crippen LogP contribution in [0.15, 0.2) is 30.3 Å². The molecule has 1 fully saturated rings. The molecule has 3 rings (SSSR count). The predicted molar refractivity (Wildman–Crippen MR) is 67.0 cm³/mol. The van der Waals surface area contributed by atoms with Gasteiger partial charge in [0.1, 0.15) is 5.15 Å². The molecule has 0 spiro atoms. The molecule has 5 heteroatoms. The van der Waals surface area contributed by atoms with Gasteiger partial charge in [-0.25, -0.2) is 13.8 Å². The average molecular weight is 269 g/mol. The van der Waals surface area contributed by atoms with Crippen LogP contribution < -0.4 is 5.73 Å². The van der Waals surface area contributed by atoms with Gasteiger partial charge in [0.15, 0.2) is 0 Å². The highest BCUT2D eigenvalue weighted by molar-refractivity contribution is 6.30. The molecule has 94 valence electrons. The summed E-state index contributed by atoms with van der Waals surface area (Å²) in [4.78, 5) is 4.17. The summed E-state index contributed by atoms with van der Waals surface area (Å²) in [5.74, 6) is -2.78. The van der Waals surface area contributed by atoms with Crippen molar-refractivity contribution in [1.82, 2.24) is 4.98 Å². The maximum Gasteiger partial charge on any atom is 0.260 e. The molecule has 18 heavy (non-hydrogen) atoms. The van der Waals surface area contributed by atoms with Crippen LogP contribution >= 0.6 is 11.6 Å². The van der Waals surface area contributed by atoms with Gasteiger partial charge < -0.3 is 5.73 Å². The van der Waals surface area contributed by atoms with Gasteiger partial charge in [-0.05, 0) is 12.1 Å². The molecule has 2 N–H and O–H groups in total. The molecule has 1 aliphatic rings. The van der Waals surface area contributed by atoms with Crippen LogP contribution in [0.1, 0.15) is 12.0 Å². The van der Waals surface area contributed by atoms with Gasteiger partial charge in [-0.2, -0.15) is 0 Å². The van der Waals surface area contributed by atoms with Crippen LogP contribution in [0.3, 0.4) is 0 Å². The van der Waals surface area contributed by atoms with Gasteiger partial charge in [-0.3, -0.25) is 0 Å². The van der Waals surface area contributed by atoms with E-state index in [4.69, 9.17) is 17.3 Å². The molecular weight excluding hydrogens is 258 g/mol. The van der Waals surface area contributed by atoms with Crippen LogP contribution in [0, 0.1) is 0 Å². The maximum atomic E-state index is 13.6. The van der Waals surface area contributed by atoms with Gasteiger partial charge >= 0.3 is 0 Å². The molecule has 0 bridgehead atoms. The van der Waals surface area contributed by atoms with E-state index in [1.807, 2.05) is 18.2 Å². The molecule has 1 heterocycles. The summed E-state index contributed by atoms with van der Waals surface area (Å²) in [6.07, 6.45) is -0.254. The smallest absolute Gasteiger partial charge is 0.260 e. The lowest BCUT2D eigenvalue weighted by atomic mass is 9.95. The quantitative estimate of drug-likeness (QED) is 0.850. The number of nitrogens with zero attached hydrogens (tertiary/aromatic N) is 1. The largest absolute Gasteiger partial charge is 0.329 e. The summed E-state index contributed by atoms with van der Waals surface area (Å²) in [5.41, 5.74) is 5.24. The molecule has 1 aliphatic carbocycles. The molecule has 1 unspecified atom stereocenters. The fraction of sp³-hybridized carbons (Fsp3) is 0.308. The van der Waals surface area contributed by atoms with E-state index in [0.29, 0.717) is 11.1 Å². The fourth-order valence-corrected chi connectivity index (χ4v) is 2.71. The lowest BCUT2D eigenvalue weighted by molar-refractivity contribution is 0.0896. The molecule has 1 atom stereocenters. The summed E-state index contributed by atoms with van der Waals surface area (Å²) in [5, 5.41) is 0.920. The summed E-state index contributed by atoms with van der Waals surface area (Å²) in [6.45, 7) is -0.125. The summed E-state index contributed by atoms with van der Waals surface area (Å²) < 4.78 is 27.1. The fourth-order valence-electron chi connectivity index (χ4n) is 2.39. The Morgan fingerprint density at radius 3 is 2.61 bits per heavy atom. The van der Waals surface area contributed by atoms with Crippen LogP contribution in [0.2, 0.25) is 5.15 Å². The highest BCUT2D eigenvalue weighted by atomic mass is 35.5. The number of hydrogen-bond acceptors (Lipinski definition) is 2. The summed E-state index contributed by atoms with van der Waals surface area (Å²) in [7, 11) is 0. The Morgan fingerprint density at radius 2 is 2.00 bits per heavy atom. The first-order valence-electron chi connectivity index (χ1n) is 5.64. The number of aromatic nitrogens is 1. The van der Waals surface area contributed by atoms with E-state index in [1.165, 1.54) is 0 Å². The zero-order valence-electron chi connectivity index (χ0n) is 9.46. The number of rotatable bonds is 2. The van der Waals surface area contributed by atoms with Crippen LogP contribution in [0.4, 0.5) is 8.78 Å². The number of halogens is 3. The van der Waals surface area contributed by atoms with Gasteiger partial charge in [0.25, 0.3) is 5.92 Å². The van der Waals surface area contributed by atoms with Gasteiger partial charge in [0.05, 0.1) is 10.9 Å². The first-order valence-corrected chi connectivity index (χ1v) is 6.02. The average Bonchev–Trinajstić information content (AvgIpc) is 2.92. The number of alkyl halides is 2. The SMILES string of the molecule is NCC1(c2cc3ccccc3nc2Cl)CC1(F)F. The molecule has 0 radical (unpaired) electrons. The first kappa shape index (κ1) is 11.8. The standard InChI is InChI=1S/C13H11ClF2N2/c14-11-9(12(7-17)6-13(12,15)16)5-8-3-1-2-4-10(8)18-11/h1-5H,6-7,17H2. The van der Waals surface area contributed by atoms with E-state index in [2.05, 4.69) is 4.98 Å². The van der Waals surface area contributed by atoms with Crippen LogP contribution in [-0.2, 0) is 5.41 Å². The van der Waals surface area contributed by atoms with E-state index in [1.54, 1.807) is 12.1 Å². The van der Waals surface area contributed by atoms with Crippen molar-refractivity contribution in [2.24, 2.45) is 5.73 Å². The van der Waals surface area contributed by atoms with Crippen molar-refractivity contribution in [3.8, 4) is 0 Å². The second-order valence-electron chi connectivity index (χ2n) is 4.69. The number of para-hydroxylation sites is 1. The Morgan fingerprint density at radius 1 is 1.33 bits per heavy atom. The van der Waals surface area contributed by atoms with E-state index in [9.17, 15) is 8.78 Å². The van der Waals surface area contributed by atoms with Crippen molar-refractivity contribution in [1.29, 1.82) is 0 Å². The van der Waals surface area contributed by atoms with E-state index in [0.717, 1.165) is 5.39 Å². The minimum Gasteiger partial charge on any atom is -0.329 e. The second-order valence-corrected chi connectivity index (χ2v) is 5.04. The van der Waals surface area contributed by atoms with Crippen LogP contribution in [0.5, 0.6) is 0 Å². The molecule has 2 aromatic rings. The number of nitrogens with two attached hydrogens (primary N) is 1. The van der Waals surface area contributed by atoms with Gasteiger partial charge in [0.2, 0.25) is 0 Å². The molecule has 0 aliphatic heterocycles. The lowest BCUT2D eigenvalue weighted by Crippen LogP contribution is -2.27. The van der Waals surface area contributed by atoms with E-state index >= 15 is 0 Å². The monoisotopic (exact) mass is 268 g/mol. The third-order valence-electron chi connectivity index (χ3n) is 3.64. The maximum absolute atomic E-state index is 13.6. The van der Waals surface area contributed by atoms with Crippen molar-refractivity contribution >= 4 is 22.5 Å². The highest BCUT2D eigenvalue weighted by Gasteiger charge is 2.71. The number of pyridine rings is 1. The minimum absolute atomic E-state index is 0.122. The van der Waals surface area contributed by atoms with Crippen LogP contribution in [0.25, 0.3) is 10.9 Å². The van der Waals surface area contributed by atoms with Gasteiger partial charge in [-0.1, -0.05) is 29.8 Å². The Hall–Kier alpha value is -1.26. The van der Waals surface area contributed by atoms with Gasteiger partial charge in [-0.15, -0.1) is 0 Å². The topological polar surface area (TPSA) is 38.9 Å². The van der Waals surface area contributed by atoms with Crippen molar-refractivity contribution in [3.05, 3.63) is 41.0 Å². The highest BCUT2D eigenvalue weighted by Crippen LogP contribution is 2.62. The molecule has 2 nitrogen and oxygen atoms in total. The molecule has 0 amide bonds. The lowest BCUT2D eigenvalue weighted by Gasteiger charge is -2.16. The third-order valence-corrected chi connectivity index (χ3v) is 3.93. The predicted octanol–water partition coefficient (Wildman–Crippen LogP) is 3.12. The number of hydrogen-bond donors (Lipinski definition) is 1. The van der Waals surface area contributed by atoms with Crippen molar-refractivity contribution in [3.63, 3.8) is 0 Å². The molecule has 1 aromatic carbocycles. The summed E-state index contributed by atoms with van der Waals surface area (Å²) in [6, 6.07) is 8.97. The number of fused-ring (bicyclic) bond motifs is 1. The molecular formula is C13H11ClF2N2. The van der Waals surface area contributed by atoms with Crippen molar-refractivity contribution < 1.29 is 8.78 Å². The minimum atomic E-state index is -2.78. The van der Waals surface area contributed by atoms with E-state index in [-0.39, 0.29) is 18.1 Å². The van der Waals surface area contributed by atoms with Crippen molar-refractivity contribution in [2.75, 3.05) is 6.54 Å². The van der Waals surface area contributed by atoms with Crippen LogP contribution in [-0.4, -0.2) is 17.5 Å². The zero-order chi connectivity index (χ0) is 13.0. The summed E-state index contributed by atoms with van der Waals surface area (Å²) >= 11 is 6.03. The van der Waals surface area contributed by atoms with Crippen molar-refractivity contribution in [2.45, 2.75) is 17.8 Å². The Balaban J connectivity index is 2.21. The Labute approximate surface area is 108 Å². The van der Waals surface area contributed by atoms with Gasteiger partial charge in [0, 0.05) is 23.9 Å². The normalized spacial score (nSPS) is 25.3. The Bertz CT molecular complexity index is 629.